The molecular weight excluding hydrogens is 546 g/mol. The number of carbonyl (C=O) groups is 1. The third-order valence-electron chi connectivity index (χ3n) is 6.96. The molecule has 0 atom stereocenters. The molecule has 0 bridgehead atoms. The Labute approximate surface area is 231 Å². The van der Waals surface area contributed by atoms with Gasteiger partial charge in [0.05, 0.1) is 28.6 Å². The van der Waals surface area contributed by atoms with Crippen LogP contribution >= 0.6 is 15.9 Å². The van der Waals surface area contributed by atoms with E-state index in [4.69, 9.17) is 9.72 Å². The number of nitrogens with zero attached hydrogens (tertiary/aromatic N) is 4. The number of benzene rings is 2. The zero-order valence-corrected chi connectivity index (χ0v) is 23.3. The van der Waals surface area contributed by atoms with Gasteiger partial charge in [0, 0.05) is 44.1 Å². The lowest BCUT2D eigenvalue weighted by atomic mass is 10.1. The van der Waals surface area contributed by atoms with Crippen molar-refractivity contribution in [1.29, 1.82) is 0 Å². The molecule has 0 unspecified atom stereocenters. The number of anilines is 6. The van der Waals surface area contributed by atoms with Crippen LogP contribution in [-0.2, 0) is 17.6 Å². The number of halogens is 1. The van der Waals surface area contributed by atoms with E-state index >= 15 is 0 Å². The summed E-state index contributed by atoms with van der Waals surface area (Å²) in [4.78, 5) is 26.0. The number of hydrogen-bond acceptors (Lipinski definition) is 8. The van der Waals surface area contributed by atoms with Crippen LogP contribution in [-0.4, -0.2) is 61.1 Å². The van der Waals surface area contributed by atoms with E-state index in [1.165, 1.54) is 23.6 Å². The molecule has 2 aliphatic rings. The molecule has 3 N–H and O–H groups in total. The predicted octanol–water partition coefficient (Wildman–Crippen LogP) is 5.10. The SMILES string of the molecule is C=CC(=O)Nc1cc(Nc2ncc(Br)c(Nc3ccc4c(c3)CCC4)n2)c(OC)cc1N1CCN(C)CC1. The maximum Gasteiger partial charge on any atom is 0.247 e. The minimum atomic E-state index is -0.280. The Balaban J connectivity index is 1.43. The summed E-state index contributed by atoms with van der Waals surface area (Å²) in [5.74, 6) is 1.38. The molecule has 9 nitrogen and oxygen atoms in total. The number of ether oxygens (including phenoxy) is 1. The molecule has 1 aliphatic carbocycles. The van der Waals surface area contributed by atoms with Gasteiger partial charge in [0.15, 0.2) is 0 Å². The van der Waals surface area contributed by atoms with Crippen molar-refractivity contribution < 1.29 is 9.53 Å². The van der Waals surface area contributed by atoms with Gasteiger partial charge >= 0.3 is 0 Å². The van der Waals surface area contributed by atoms with Crippen LogP contribution in [0.5, 0.6) is 5.75 Å². The third-order valence-corrected chi connectivity index (χ3v) is 7.54. The Kier molecular flexibility index (Phi) is 7.80. The molecule has 1 amide bonds. The van der Waals surface area contributed by atoms with Crippen molar-refractivity contribution >= 4 is 56.4 Å². The number of carbonyl (C=O) groups excluding carboxylic acids is 1. The number of fused-ring (bicyclic) bond motifs is 1. The highest BCUT2D eigenvalue weighted by atomic mass is 79.9. The molecule has 198 valence electrons. The summed E-state index contributed by atoms with van der Waals surface area (Å²) >= 11 is 3.56. The maximum atomic E-state index is 12.3. The summed E-state index contributed by atoms with van der Waals surface area (Å²) in [7, 11) is 3.73. The molecule has 1 aromatic heterocycles. The normalized spacial score (nSPS) is 15.1. The molecule has 1 saturated heterocycles. The molecule has 5 rings (SSSR count). The highest BCUT2D eigenvalue weighted by molar-refractivity contribution is 9.10. The first-order valence-corrected chi connectivity index (χ1v) is 13.5. The highest BCUT2D eigenvalue weighted by Crippen LogP contribution is 2.39. The van der Waals surface area contributed by atoms with E-state index in [1.54, 1.807) is 13.3 Å². The van der Waals surface area contributed by atoms with Gasteiger partial charge < -0.3 is 30.5 Å². The molecule has 3 aromatic rings. The van der Waals surface area contributed by atoms with Gasteiger partial charge in [-0.05, 0) is 77.6 Å². The van der Waals surface area contributed by atoms with Crippen LogP contribution < -0.4 is 25.6 Å². The monoisotopic (exact) mass is 577 g/mol. The summed E-state index contributed by atoms with van der Waals surface area (Å²) in [5, 5.41) is 9.64. The van der Waals surface area contributed by atoms with E-state index in [0.717, 1.165) is 54.9 Å². The number of nitrogens with one attached hydrogen (secondary N) is 3. The van der Waals surface area contributed by atoms with Gasteiger partial charge in [-0.1, -0.05) is 12.6 Å². The summed E-state index contributed by atoms with van der Waals surface area (Å²) in [5.41, 5.74) is 5.99. The van der Waals surface area contributed by atoms with E-state index in [1.807, 2.05) is 12.1 Å². The van der Waals surface area contributed by atoms with Crippen molar-refractivity contribution in [3.8, 4) is 5.75 Å². The van der Waals surface area contributed by atoms with Crippen molar-refractivity contribution in [2.45, 2.75) is 19.3 Å². The number of likely N-dealkylation sites (N-methyl/N-ethyl adjacent to an activating group) is 1. The molecule has 0 saturated carbocycles. The zero-order chi connectivity index (χ0) is 26.6. The largest absolute Gasteiger partial charge is 0.494 e. The number of hydrogen-bond donors (Lipinski definition) is 3. The van der Waals surface area contributed by atoms with E-state index in [-0.39, 0.29) is 5.91 Å². The number of aryl methyl sites for hydroxylation is 2. The minimum Gasteiger partial charge on any atom is -0.494 e. The summed E-state index contributed by atoms with van der Waals surface area (Å²) in [6, 6.07) is 10.3. The molecule has 1 aliphatic heterocycles. The molecule has 10 heteroatoms. The van der Waals surface area contributed by atoms with Gasteiger partial charge in [-0.3, -0.25) is 4.79 Å². The summed E-state index contributed by atoms with van der Waals surface area (Å²) in [6.07, 6.45) is 6.42. The Morgan fingerprint density at radius 2 is 1.87 bits per heavy atom. The van der Waals surface area contributed by atoms with E-state index in [9.17, 15) is 4.79 Å². The van der Waals surface area contributed by atoms with Crippen molar-refractivity contribution in [3.63, 3.8) is 0 Å². The lowest BCUT2D eigenvalue weighted by Crippen LogP contribution is -2.44. The van der Waals surface area contributed by atoms with Gasteiger partial charge in [0.2, 0.25) is 11.9 Å². The first-order valence-electron chi connectivity index (χ1n) is 12.7. The van der Waals surface area contributed by atoms with E-state index in [2.05, 4.69) is 78.5 Å². The second kappa shape index (κ2) is 11.4. The molecule has 0 radical (unpaired) electrons. The van der Waals surface area contributed by atoms with Crippen LogP contribution in [0.2, 0.25) is 0 Å². The maximum absolute atomic E-state index is 12.3. The first kappa shape index (κ1) is 26.0. The first-order chi connectivity index (χ1) is 18.4. The van der Waals surface area contributed by atoms with E-state index < -0.39 is 0 Å². The van der Waals surface area contributed by atoms with Crippen molar-refractivity contribution in [3.05, 3.63) is 64.8 Å². The predicted molar refractivity (Wildman–Crippen MR) is 156 cm³/mol. The Morgan fingerprint density at radius 3 is 2.63 bits per heavy atom. The quantitative estimate of drug-likeness (QED) is 0.318. The van der Waals surface area contributed by atoms with Crippen LogP contribution in [0.15, 0.2) is 53.7 Å². The van der Waals surface area contributed by atoms with Crippen LogP contribution in [0.1, 0.15) is 17.5 Å². The number of piperazine rings is 1. The zero-order valence-electron chi connectivity index (χ0n) is 21.7. The van der Waals surface area contributed by atoms with Crippen molar-refractivity contribution in [2.75, 3.05) is 61.2 Å². The Hall–Kier alpha value is -3.63. The van der Waals surface area contributed by atoms with Crippen molar-refractivity contribution in [1.82, 2.24) is 14.9 Å². The topological polar surface area (TPSA) is 94.6 Å². The van der Waals surface area contributed by atoms with Crippen LogP contribution in [0.3, 0.4) is 0 Å². The van der Waals surface area contributed by atoms with Gasteiger partial charge in [0.25, 0.3) is 0 Å². The second-order valence-corrected chi connectivity index (χ2v) is 10.4. The molecular formula is C28H32BrN7O2. The van der Waals surface area contributed by atoms with E-state index in [0.29, 0.717) is 28.9 Å². The number of rotatable bonds is 8. The molecule has 2 heterocycles. The van der Waals surface area contributed by atoms with Gasteiger partial charge in [-0.25, -0.2) is 4.98 Å². The molecule has 2 aromatic carbocycles. The highest BCUT2D eigenvalue weighted by Gasteiger charge is 2.21. The summed E-state index contributed by atoms with van der Waals surface area (Å²) < 4.78 is 6.49. The standard InChI is InChI=1S/C28H32BrN7O2/c1-4-26(37)32-22-15-23(25(38-3)16-24(22)36-12-10-35(2)11-13-36)33-28-30-17-21(29)27(34-28)31-20-9-8-18-6-5-7-19(18)14-20/h4,8-9,14-17H,1,5-7,10-13H2,2-3H3,(H,32,37)(H2,30,31,33,34). The smallest absolute Gasteiger partial charge is 0.247 e. The molecule has 1 fully saturated rings. The fraction of sp³-hybridized carbons (Fsp3) is 0.321. The average Bonchev–Trinajstić information content (AvgIpc) is 3.39. The van der Waals surface area contributed by atoms with Crippen LogP contribution in [0.4, 0.5) is 34.5 Å². The van der Waals surface area contributed by atoms with Gasteiger partial charge in [-0.15, -0.1) is 0 Å². The van der Waals surface area contributed by atoms with Crippen LogP contribution in [0.25, 0.3) is 0 Å². The molecule has 38 heavy (non-hydrogen) atoms. The van der Waals surface area contributed by atoms with Gasteiger partial charge in [0.1, 0.15) is 11.6 Å². The number of methoxy groups -OCH3 is 1. The average molecular weight is 579 g/mol. The third kappa shape index (κ3) is 5.76. The lowest BCUT2D eigenvalue weighted by Gasteiger charge is -2.35. The Morgan fingerprint density at radius 1 is 1.08 bits per heavy atom. The molecule has 0 spiro atoms. The summed E-state index contributed by atoms with van der Waals surface area (Å²) in [6.45, 7) is 7.16. The lowest BCUT2D eigenvalue weighted by molar-refractivity contribution is -0.111. The Bertz CT molecular complexity index is 1360. The van der Waals surface area contributed by atoms with Gasteiger partial charge in [-0.2, -0.15) is 4.98 Å². The fourth-order valence-electron chi connectivity index (χ4n) is 4.85. The number of aromatic nitrogens is 2. The minimum absolute atomic E-state index is 0.280. The van der Waals surface area contributed by atoms with Crippen molar-refractivity contribution in [2.24, 2.45) is 0 Å². The van der Waals surface area contributed by atoms with Crippen LogP contribution in [0, 0.1) is 0 Å². The number of amides is 1. The second-order valence-electron chi connectivity index (χ2n) is 9.53. The fourth-order valence-corrected chi connectivity index (χ4v) is 5.14.